The average molecular weight is 445 g/mol. The molecule has 31 heavy (non-hydrogen) atoms. The fourth-order valence-corrected chi connectivity index (χ4v) is 3.50. The summed E-state index contributed by atoms with van der Waals surface area (Å²) in [5, 5.41) is 3.52. The number of rotatable bonds is 11. The van der Waals surface area contributed by atoms with Crippen LogP contribution in [0.15, 0.2) is 48.5 Å². The van der Waals surface area contributed by atoms with Crippen molar-refractivity contribution in [2.75, 3.05) is 6.61 Å². The lowest BCUT2D eigenvalue weighted by Crippen LogP contribution is -2.50. The van der Waals surface area contributed by atoms with Crippen LogP contribution in [0.25, 0.3) is 0 Å². The van der Waals surface area contributed by atoms with Gasteiger partial charge < -0.3 is 15.0 Å². The number of aryl methyl sites for hydroxylation is 1. The molecule has 5 nitrogen and oxygen atoms in total. The van der Waals surface area contributed by atoms with Crippen LogP contribution in [0, 0.1) is 6.92 Å². The maximum Gasteiger partial charge on any atom is 0.243 e. The topological polar surface area (TPSA) is 58.6 Å². The van der Waals surface area contributed by atoms with E-state index < -0.39 is 6.04 Å². The van der Waals surface area contributed by atoms with Gasteiger partial charge in [-0.15, -0.1) is 0 Å². The zero-order valence-electron chi connectivity index (χ0n) is 18.9. The second kappa shape index (κ2) is 12.4. The van der Waals surface area contributed by atoms with Gasteiger partial charge in [0.2, 0.25) is 11.8 Å². The zero-order chi connectivity index (χ0) is 22.8. The Morgan fingerprint density at radius 2 is 1.77 bits per heavy atom. The number of ether oxygens (including phenoxy) is 1. The van der Waals surface area contributed by atoms with E-state index in [1.807, 2.05) is 70.2 Å². The van der Waals surface area contributed by atoms with Crippen molar-refractivity contribution in [2.45, 2.75) is 65.6 Å². The highest BCUT2D eigenvalue weighted by atomic mass is 35.5. The molecule has 2 aromatic carbocycles. The molecule has 2 aromatic rings. The molecule has 0 saturated heterocycles. The molecule has 0 aromatic heterocycles. The number of nitrogens with one attached hydrogen (secondary N) is 1. The molecule has 0 fully saturated rings. The molecule has 0 radical (unpaired) electrons. The van der Waals surface area contributed by atoms with Crippen molar-refractivity contribution in [1.82, 2.24) is 10.2 Å². The second-order valence-corrected chi connectivity index (χ2v) is 8.37. The standard InChI is InChI=1S/C25H33ClN2O3/c1-5-23(25(30)27-18(2)3)28(17-20-9-6-7-10-22(20)26)24(29)11-8-16-31-21-14-12-19(4)13-15-21/h6-7,9-10,12-15,18,23H,5,8,11,16-17H2,1-4H3,(H,27,30)/t23-/m1/s1. The van der Waals surface area contributed by atoms with Crippen LogP contribution in [-0.4, -0.2) is 35.4 Å². The van der Waals surface area contributed by atoms with Gasteiger partial charge in [0.1, 0.15) is 11.8 Å². The SMILES string of the molecule is CC[C@H](C(=O)NC(C)C)N(Cc1ccccc1Cl)C(=O)CCCOc1ccc(C)cc1. The fourth-order valence-electron chi connectivity index (χ4n) is 3.30. The molecule has 0 bridgehead atoms. The molecule has 0 aliphatic rings. The number of benzene rings is 2. The third-order valence-electron chi connectivity index (χ3n) is 4.94. The Kier molecular flexibility index (Phi) is 9.86. The van der Waals surface area contributed by atoms with Crippen LogP contribution in [0.5, 0.6) is 5.75 Å². The maximum atomic E-state index is 13.2. The van der Waals surface area contributed by atoms with Crippen LogP contribution in [0.2, 0.25) is 5.02 Å². The highest BCUT2D eigenvalue weighted by molar-refractivity contribution is 6.31. The lowest BCUT2D eigenvalue weighted by atomic mass is 10.1. The zero-order valence-corrected chi connectivity index (χ0v) is 19.6. The molecule has 0 heterocycles. The first-order valence-electron chi connectivity index (χ1n) is 10.8. The molecule has 0 spiro atoms. The summed E-state index contributed by atoms with van der Waals surface area (Å²) in [6.07, 6.45) is 1.38. The summed E-state index contributed by atoms with van der Waals surface area (Å²) < 4.78 is 5.74. The first-order valence-corrected chi connectivity index (χ1v) is 11.2. The van der Waals surface area contributed by atoms with Crippen LogP contribution in [-0.2, 0) is 16.1 Å². The Morgan fingerprint density at radius 1 is 1.10 bits per heavy atom. The Balaban J connectivity index is 2.06. The van der Waals surface area contributed by atoms with Crippen LogP contribution in [0.3, 0.4) is 0 Å². The number of carbonyl (C=O) groups excluding carboxylic acids is 2. The van der Waals surface area contributed by atoms with Crippen LogP contribution >= 0.6 is 11.6 Å². The number of amides is 2. The van der Waals surface area contributed by atoms with Crippen molar-refractivity contribution >= 4 is 23.4 Å². The lowest BCUT2D eigenvalue weighted by Gasteiger charge is -2.31. The van der Waals surface area contributed by atoms with E-state index >= 15 is 0 Å². The highest BCUT2D eigenvalue weighted by Crippen LogP contribution is 2.21. The summed E-state index contributed by atoms with van der Waals surface area (Å²) in [4.78, 5) is 27.6. The van der Waals surface area contributed by atoms with E-state index in [1.165, 1.54) is 5.56 Å². The van der Waals surface area contributed by atoms with Gasteiger partial charge in [0.05, 0.1) is 6.61 Å². The van der Waals surface area contributed by atoms with Crippen molar-refractivity contribution in [3.05, 3.63) is 64.7 Å². The number of nitrogens with zero attached hydrogens (tertiary/aromatic N) is 1. The quantitative estimate of drug-likeness (QED) is 0.488. The first-order chi connectivity index (χ1) is 14.8. The molecule has 2 rings (SSSR count). The van der Waals surface area contributed by atoms with Crippen LogP contribution in [0.1, 0.15) is 51.2 Å². The minimum atomic E-state index is -0.552. The van der Waals surface area contributed by atoms with Gasteiger partial charge >= 0.3 is 0 Å². The van der Waals surface area contributed by atoms with Gasteiger partial charge in [0.25, 0.3) is 0 Å². The smallest absolute Gasteiger partial charge is 0.243 e. The van der Waals surface area contributed by atoms with E-state index in [1.54, 1.807) is 11.0 Å². The molecule has 1 atom stereocenters. The summed E-state index contributed by atoms with van der Waals surface area (Å²) >= 11 is 6.33. The van der Waals surface area contributed by atoms with Crippen molar-refractivity contribution in [1.29, 1.82) is 0 Å². The molecule has 1 N–H and O–H groups in total. The van der Waals surface area contributed by atoms with E-state index in [4.69, 9.17) is 16.3 Å². The van der Waals surface area contributed by atoms with E-state index in [9.17, 15) is 9.59 Å². The predicted molar refractivity (Wildman–Crippen MR) is 125 cm³/mol. The monoisotopic (exact) mass is 444 g/mol. The summed E-state index contributed by atoms with van der Waals surface area (Å²) in [5.41, 5.74) is 1.99. The van der Waals surface area contributed by atoms with Crippen LogP contribution in [0.4, 0.5) is 0 Å². The van der Waals surface area contributed by atoms with Crippen molar-refractivity contribution in [3.8, 4) is 5.75 Å². The van der Waals surface area contributed by atoms with Gasteiger partial charge in [0, 0.05) is 24.0 Å². The summed E-state index contributed by atoms with van der Waals surface area (Å²) in [6, 6.07) is 14.7. The number of carbonyl (C=O) groups is 2. The van der Waals surface area contributed by atoms with E-state index in [0.29, 0.717) is 37.4 Å². The van der Waals surface area contributed by atoms with Crippen LogP contribution < -0.4 is 10.1 Å². The Bertz CT molecular complexity index is 852. The molecule has 0 unspecified atom stereocenters. The Hall–Kier alpha value is -2.53. The summed E-state index contributed by atoms with van der Waals surface area (Å²) in [7, 11) is 0. The van der Waals surface area contributed by atoms with Gasteiger partial charge in [-0.2, -0.15) is 0 Å². The summed E-state index contributed by atoms with van der Waals surface area (Å²) in [5.74, 6) is 0.556. The molecular weight excluding hydrogens is 412 g/mol. The summed E-state index contributed by atoms with van der Waals surface area (Å²) in [6.45, 7) is 8.49. The molecule has 2 amide bonds. The Labute approximate surface area is 190 Å². The predicted octanol–water partition coefficient (Wildman–Crippen LogP) is 5.14. The van der Waals surface area contributed by atoms with Crippen molar-refractivity contribution in [2.24, 2.45) is 0 Å². The van der Waals surface area contributed by atoms with Crippen molar-refractivity contribution in [3.63, 3.8) is 0 Å². The largest absolute Gasteiger partial charge is 0.494 e. The van der Waals surface area contributed by atoms with E-state index in [0.717, 1.165) is 11.3 Å². The third-order valence-corrected chi connectivity index (χ3v) is 5.31. The Morgan fingerprint density at radius 3 is 2.39 bits per heavy atom. The van der Waals surface area contributed by atoms with Gasteiger partial charge in [-0.05, 0) is 57.4 Å². The van der Waals surface area contributed by atoms with Gasteiger partial charge in [-0.1, -0.05) is 54.4 Å². The molecule has 0 saturated carbocycles. The third kappa shape index (κ3) is 7.91. The molecule has 168 valence electrons. The highest BCUT2D eigenvalue weighted by Gasteiger charge is 2.29. The minimum absolute atomic E-state index is 0.00160. The van der Waals surface area contributed by atoms with E-state index in [2.05, 4.69) is 5.32 Å². The molecule has 0 aliphatic carbocycles. The number of hydrogen-bond acceptors (Lipinski definition) is 3. The number of hydrogen-bond donors (Lipinski definition) is 1. The molecule has 0 aliphatic heterocycles. The average Bonchev–Trinajstić information content (AvgIpc) is 2.73. The normalized spacial score (nSPS) is 11.8. The van der Waals surface area contributed by atoms with E-state index in [-0.39, 0.29) is 17.9 Å². The van der Waals surface area contributed by atoms with Crippen molar-refractivity contribution < 1.29 is 14.3 Å². The first kappa shape index (κ1) is 24.7. The molecule has 6 heteroatoms. The number of halogens is 1. The fraction of sp³-hybridized carbons (Fsp3) is 0.440. The molecular formula is C25H33ClN2O3. The lowest BCUT2D eigenvalue weighted by molar-refractivity contribution is -0.141. The van der Waals surface area contributed by atoms with Gasteiger partial charge in [0.15, 0.2) is 0 Å². The maximum absolute atomic E-state index is 13.2. The van der Waals surface area contributed by atoms with Gasteiger partial charge in [-0.25, -0.2) is 0 Å². The second-order valence-electron chi connectivity index (χ2n) is 7.97. The van der Waals surface area contributed by atoms with Gasteiger partial charge in [-0.3, -0.25) is 9.59 Å². The minimum Gasteiger partial charge on any atom is -0.494 e.